The number of carbonyl (C=O) groups is 2. The largest absolute Gasteiger partial charge is 0.480 e. The highest BCUT2D eigenvalue weighted by atomic mass is 32.1. The predicted molar refractivity (Wildman–Crippen MR) is 99.2 cm³/mol. The molecule has 0 unspecified atom stereocenters. The number of nitrogens with zero attached hydrogens (tertiary/aromatic N) is 2. The van der Waals surface area contributed by atoms with Crippen molar-refractivity contribution in [3.63, 3.8) is 0 Å². The first-order valence-electron chi connectivity index (χ1n) is 8.05. The zero-order valence-electron chi connectivity index (χ0n) is 14.4. The Labute approximate surface area is 151 Å². The van der Waals surface area contributed by atoms with Gasteiger partial charge in [-0.05, 0) is 34.6 Å². The van der Waals surface area contributed by atoms with E-state index in [1.165, 1.54) is 10.1 Å². The lowest BCUT2D eigenvalue weighted by Crippen LogP contribution is -2.35. The Morgan fingerprint density at radius 2 is 1.80 bits per heavy atom. The number of amides is 1. The average molecular weight is 356 g/mol. The van der Waals surface area contributed by atoms with Crippen molar-refractivity contribution in [1.29, 1.82) is 0 Å². The van der Waals surface area contributed by atoms with Gasteiger partial charge in [-0.25, -0.2) is 4.79 Å². The summed E-state index contributed by atoms with van der Waals surface area (Å²) in [5, 5.41) is 8.89. The van der Waals surface area contributed by atoms with E-state index >= 15 is 0 Å². The van der Waals surface area contributed by atoms with Crippen molar-refractivity contribution in [3.05, 3.63) is 58.9 Å². The van der Waals surface area contributed by atoms with Gasteiger partial charge in [0.2, 0.25) is 0 Å². The first-order valence-corrected chi connectivity index (χ1v) is 8.46. The number of rotatable bonds is 4. The van der Waals surface area contributed by atoms with E-state index in [1.807, 2.05) is 6.07 Å². The van der Waals surface area contributed by atoms with Gasteiger partial charge in [-0.3, -0.25) is 14.3 Å². The zero-order chi connectivity index (χ0) is 18.4. The van der Waals surface area contributed by atoms with Crippen LogP contribution >= 0.6 is 12.2 Å². The van der Waals surface area contributed by atoms with Crippen LogP contribution in [0.5, 0.6) is 0 Å². The second-order valence-corrected chi connectivity index (χ2v) is 7.68. The number of carboxylic acid groups (broad SMARTS) is 1. The normalized spacial score (nSPS) is 14.1. The summed E-state index contributed by atoms with van der Waals surface area (Å²) in [6.45, 7) is 6.12. The minimum atomic E-state index is -1.08. The van der Waals surface area contributed by atoms with E-state index < -0.39 is 18.5 Å². The van der Waals surface area contributed by atoms with Crippen molar-refractivity contribution in [1.82, 2.24) is 9.47 Å². The summed E-state index contributed by atoms with van der Waals surface area (Å²) in [7, 11) is 0. The zero-order valence-corrected chi connectivity index (χ0v) is 15.3. The molecule has 25 heavy (non-hydrogen) atoms. The van der Waals surface area contributed by atoms with Gasteiger partial charge in [0.05, 0.1) is 5.69 Å². The highest BCUT2D eigenvalue weighted by molar-refractivity contribution is 7.80. The van der Waals surface area contributed by atoms with E-state index in [2.05, 4.69) is 45.0 Å². The van der Waals surface area contributed by atoms with Gasteiger partial charge in [-0.1, -0.05) is 57.3 Å². The fourth-order valence-corrected chi connectivity index (χ4v) is 3.23. The van der Waals surface area contributed by atoms with Crippen LogP contribution in [0, 0.1) is 0 Å². The van der Waals surface area contributed by atoms with Crippen molar-refractivity contribution in [2.24, 2.45) is 0 Å². The molecule has 1 amide bonds. The van der Waals surface area contributed by atoms with Gasteiger partial charge < -0.3 is 5.11 Å². The molecule has 1 aromatic carbocycles. The summed E-state index contributed by atoms with van der Waals surface area (Å²) in [5.41, 5.74) is 4.10. The molecule has 2 heterocycles. The van der Waals surface area contributed by atoms with Gasteiger partial charge in [0.15, 0.2) is 0 Å². The molecular weight excluding hydrogens is 336 g/mol. The Bertz CT molecular complexity index is 826. The summed E-state index contributed by atoms with van der Waals surface area (Å²) in [5.74, 6) is -1.08. The lowest BCUT2D eigenvalue weighted by molar-refractivity contribution is -0.136. The van der Waals surface area contributed by atoms with Gasteiger partial charge in [-0.15, -0.1) is 0 Å². The third-order valence-electron chi connectivity index (χ3n) is 4.30. The summed E-state index contributed by atoms with van der Waals surface area (Å²) in [6.07, 6.45) is 2.43. The molecule has 0 radical (unpaired) electrons. The number of carboxylic acids is 1. The quantitative estimate of drug-likeness (QED) is 0.853. The molecular formula is C19H20N2O3S. The Hall–Kier alpha value is -2.47. The lowest BCUT2D eigenvalue weighted by atomic mass is 9.86. The van der Waals surface area contributed by atoms with Crippen LogP contribution in [0.2, 0.25) is 0 Å². The van der Waals surface area contributed by atoms with Gasteiger partial charge in [0.25, 0.3) is 0 Å². The minimum absolute atomic E-state index is 0.113. The highest BCUT2D eigenvalue weighted by Crippen LogP contribution is 2.25. The molecule has 1 aliphatic rings. The Morgan fingerprint density at radius 3 is 2.32 bits per heavy atom. The van der Waals surface area contributed by atoms with Gasteiger partial charge in [0.1, 0.15) is 11.5 Å². The Morgan fingerprint density at radius 1 is 1.16 bits per heavy atom. The third kappa shape index (κ3) is 3.35. The van der Waals surface area contributed by atoms with Gasteiger partial charge >= 0.3 is 12.0 Å². The molecule has 0 atom stereocenters. The molecule has 1 aliphatic heterocycles. The van der Waals surface area contributed by atoms with E-state index in [4.69, 9.17) is 17.3 Å². The maximum atomic E-state index is 12.3. The van der Waals surface area contributed by atoms with Crippen molar-refractivity contribution in [2.75, 3.05) is 6.54 Å². The second-order valence-electron chi connectivity index (χ2n) is 7.29. The van der Waals surface area contributed by atoms with Crippen LogP contribution in [0.3, 0.4) is 0 Å². The van der Waals surface area contributed by atoms with Crippen molar-refractivity contribution in [2.45, 2.75) is 32.6 Å². The van der Waals surface area contributed by atoms with Crippen LogP contribution in [-0.4, -0.2) is 38.1 Å². The minimum Gasteiger partial charge on any atom is -0.480 e. The molecule has 1 aromatic heterocycles. The molecule has 6 heteroatoms. The molecule has 2 aromatic rings. The van der Waals surface area contributed by atoms with Crippen molar-refractivity contribution < 1.29 is 14.7 Å². The van der Waals surface area contributed by atoms with E-state index in [1.54, 1.807) is 6.20 Å². The molecule has 0 aliphatic carbocycles. The van der Waals surface area contributed by atoms with Crippen LogP contribution in [0.4, 0.5) is 4.79 Å². The molecule has 1 N–H and O–H groups in total. The van der Waals surface area contributed by atoms with E-state index in [0.717, 1.165) is 16.0 Å². The monoisotopic (exact) mass is 356 g/mol. The lowest BCUT2D eigenvalue weighted by Gasteiger charge is -2.19. The van der Waals surface area contributed by atoms with Crippen molar-refractivity contribution >= 4 is 29.2 Å². The number of benzene rings is 1. The smallest absolute Gasteiger partial charge is 0.334 e. The standard InChI is InChI=1S/C19H20N2O3S/c1-19(2,3)14-6-4-12(5-7-14)8-13-9-15-17(25)21(11-16(22)23)18(24)20(15)10-13/h4-7,9-10H,8,11H2,1-3H3,(H,22,23). The number of aromatic nitrogens is 1. The third-order valence-corrected chi connectivity index (χ3v) is 4.73. The van der Waals surface area contributed by atoms with Crippen LogP contribution in [0.1, 0.15) is 43.2 Å². The molecule has 0 bridgehead atoms. The summed E-state index contributed by atoms with van der Waals surface area (Å²) in [6, 6.07) is 9.91. The Balaban J connectivity index is 1.79. The van der Waals surface area contributed by atoms with Crippen LogP contribution in [0.25, 0.3) is 0 Å². The molecule has 0 saturated heterocycles. The first kappa shape index (κ1) is 17.4. The van der Waals surface area contributed by atoms with Crippen LogP contribution in [0.15, 0.2) is 36.5 Å². The summed E-state index contributed by atoms with van der Waals surface area (Å²) < 4.78 is 1.43. The molecule has 3 rings (SSSR count). The van der Waals surface area contributed by atoms with E-state index in [0.29, 0.717) is 12.1 Å². The number of hydrogen-bond donors (Lipinski definition) is 1. The number of carbonyl (C=O) groups excluding carboxylic acids is 1. The number of thiocarbonyl (C=S) groups is 1. The fraction of sp³-hybridized carbons (Fsp3) is 0.316. The SMILES string of the molecule is CC(C)(C)c1ccc(Cc2cc3n(c2)C(=O)N(CC(=O)O)C3=S)cc1. The summed E-state index contributed by atoms with van der Waals surface area (Å²) in [4.78, 5) is 24.5. The van der Waals surface area contributed by atoms with Gasteiger partial charge in [0, 0.05) is 6.20 Å². The van der Waals surface area contributed by atoms with E-state index in [-0.39, 0.29) is 10.4 Å². The number of fused-ring (bicyclic) bond motifs is 1. The first-order chi connectivity index (χ1) is 11.7. The molecule has 0 spiro atoms. The topological polar surface area (TPSA) is 62.5 Å². The number of aliphatic carboxylic acids is 1. The maximum Gasteiger partial charge on any atom is 0.334 e. The van der Waals surface area contributed by atoms with Crippen LogP contribution in [-0.2, 0) is 16.6 Å². The van der Waals surface area contributed by atoms with Gasteiger partial charge in [-0.2, -0.15) is 0 Å². The maximum absolute atomic E-state index is 12.3. The summed E-state index contributed by atoms with van der Waals surface area (Å²) >= 11 is 5.25. The van der Waals surface area contributed by atoms with Crippen LogP contribution < -0.4 is 0 Å². The number of hydrogen-bond acceptors (Lipinski definition) is 3. The molecule has 130 valence electrons. The van der Waals surface area contributed by atoms with E-state index in [9.17, 15) is 9.59 Å². The predicted octanol–water partition coefficient (Wildman–Crippen LogP) is 3.42. The fourth-order valence-electron chi connectivity index (χ4n) is 2.93. The second kappa shape index (κ2) is 6.11. The molecule has 0 saturated carbocycles. The average Bonchev–Trinajstić information content (AvgIpc) is 3.02. The Kier molecular flexibility index (Phi) is 4.24. The van der Waals surface area contributed by atoms with Crippen molar-refractivity contribution in [3.8, 4) is 0 Å². The molecule has 0 fully saturated rings. The highest BCUT2D eigenvalue weighted by Gasteiger charge is 2.34. The molecule has 5 nitrogen and oxygen atoms in total.